The van der Waals surface area contributed by atoms with Crippen molar-refractivity contribution in [2.75, 3.05) is 18.8 Å². The highest BCUT2D eigenvalue weighted by Crippen LogP contribution is 2.26. The maximum atomic E-state index is 13.7. The van der Waals surface area contributed by atoms with E-state index in [2.05, 4.69) is 9.97 Å². The quantitative estimate of drug-likeness (QED) is 0.437. The Labute approximate surface area is 176 Å². The van der Waals surface area contributed by atoms with Crippen molar-refractivity contribution in [3.63, 3.8) is 0 Å². The van der Waals surface area contributed by atoms with Gasteiger partial charge in [0.05, 0.1) is 5.75 Å². The van der Waals surface area contributed by atoms with Crippen LogP contribution in [0.4, 0.5) is 4.39 Å². The van der Waals surface area contributed by atoms with Crippen molar-refractivity contribution < 1.29 is 9.18 Å². The van der Waals surface area contributed by atoms with E-state index in [1.165, 1.54) is 36.9 Å². The second-order valence-electron chi connectivity index (χ2n) is 6.62. The van der Waals surface area contributed by atoms with E-state index in [4.69, 9.17) is 0 Å². The van der Waals surface area contributed by atoms with Gasteiger partial charge in [-0.1, -0.05) is 23.9 Å². The predicted molar refractivity (Wildman–Crippen MR) is 114 cm³/mol. The van der Waals surface area contributed by atoms with E-state index < -0.39 is 17.1 Å². The monoisotopic (exact) mass is 431 g/mol. The number of carbonyl (C=O) groups is 1. The lowest BCUT2D eigenvalue weighted by molar-refractivity contribution is -0.127. The Morgan fingerprint density at radius 2 is 1.83 bits per heavy atom. The lowest BCUT2D eigenvalue weighted by Crippen LogP contribution is -2.38. The third kappa shape index (κ3) is 4.00. The first-order valence-corrected chi connectivity index (χ1v) is 10.4. The molecule has 0 aliphatic carbocycles. The van der Waals surface area contributed by atoms with Gasteiger partial charge in [0.2, 0.25) is 5.91 Å². The molecule has 3 aromatic rings. The summed E-state index contributed by atoms with van der Waals surface area (Å²) in [5.41, 5.74) is -0.541. The van der Waals surface area contributed by atoms with Gasteiger partial charge in [0, 0.05) is 32.7 Å². The molecule has 0 aliphatic heterocycles. The molecule has 30 heavy (non-hydrogen) atoms. The van der Waals surface area contributed by atoms with Gasteiger partial charge in [-0.15, -0.1) is 0 Å². The van der Waals surface area contributed by atoms with Gasteiger partial charge < -0.3 is 4.90 Å². The van der Waals surface area contributed by atoms with E-state index in [1.54, 1.807) is 11.0 Å². The summed E-state index contributed by atoms with van der Waals surface area (Å²) in [5, 5.41) is 0.424. The van der Waals surface area contributed by atoms with Crippen molar-refractivity contribution >= 4 is 28.7 Å². The number of rotatable bonds is 6. The topological polar surface area (TPSA) is 90.1 Å². The van der Waals surface area contributed by atoms with Crippen LogP contribution < -0.4 is 11.2 Å². The minimum atomic E-state index is -0.545. The van der Waals surface area contributed by atoms with Gasteiger partial charge in [0.15, 0.2) is 11.5 Å². The van der Waals surface area contributed by atoms with Gasteiger partial charge in [-0.2, -0.15) is 0 Å². The highest BCUT2D eigenvalue weighted by molar-refractivity contribution is 8.00. The zero-order chi connectivity index (χ0) is 22.0. The third-order valence-electron chi connectivity index (χ3n) is 4.80. The Hall–Kier alpha value is -3.01. The number of aryl methyl sites for hydroxylation is 1. The fourth-order valence-corrected chi connectivity index (χ4v) is 4.00. The summed E-state index contributed by atoms with van der Waals surface area (Å²) < 4.78 is 16.0. The van der Waals surface area contributed by atoms with E-state index in [1.807, 2.05) is 13.8 Å². The zero-order valence-electron chi connectivity index (χ0n) is 17.2. The van der Waals surface area contributed by atoms with Gasteiger partial charge in [0.25, 0.3) is 5.56 Å². The Morgan fingerprint density at radius 3 is 2.47 bits per heavy atom. The number of aromatic nitrogens is 4. The van der Waals surface area contributed by atoms with E-state index in [9.17, 15) is 18.8 Å². The van der Waals surface area contributed by atoms with Crippen molar-refractivity contribution in [3.8, 4) is 11.4 Å². The molecule has 0 saturated carbocycles. The van der Waals surface area contributed by atoms with Gasteiger partial charge >= 0.3 is 5.69 Å². The first-order valence-electron chi connectivity index (χ1n) is 9.42. The van der Waals surface area contributed by atoms with E-state index in [0.29, 0.717) is 18.7 Å². The van der Waals surface area contributed by atoms with Crippen molar-refractivity contribution in [1.29, 1.82) is 0 Å². The molecule has 8 nitrogen and oxygen atoms in total. The highest BCUT2D eigenvalue weighted by Gasteiger charge is 2.20. The molecule has 2 aromatic heterocycles. The molecule has 1 amide bonds. The molecular weight excluding hydrogens is 409 g/mol. The average molecular weight is 431 g/mol. The lowest BCUT2D eigenvalue weighted by atomic mass is 10.2. The van der Waals surface area contributed by atoms with E-state index in [-0.39, 0.29) is 33.5 Å². The first kappa shape index (κ1) is 21.7. The Bertz CT molecular complexity index is 1230. The van der Waals surface area contributed by atoms with Crippen LogP contribution in [0.2, 0.25) is 0 Å². The number of amides is 1. The molecular formula is C20H22FN5O3S. The van der Waals surface area contributed by atoms with Crippen molar-refractivity contribution in [1.82, 2.24) is 24.0 Å². The van der Waals surface area contributed by atoms with Crippen LogP contribution in [0, 0.1) is 5.82 Å². The summed E-state index contributed by atoms with van der Waals surface area (Å²) in [6.07, 6.45) is 0. The second kappa shape index (κ2) is 8.78. The number of halogens is 1. The normalized spacial score (nSPS) is 11.1. The molecule has 0 unspecified atom stereocenters. The van der Waals surface area contributed by atoms with Crippen LogP contribution >= 0.6 is 11.8 Å². The molecule has 3 rings (SSSR count). The Balaban J connectivity index is 2.21. The molecule has 0 atom stereocenters. The smallest absolute Gasteiger partial charge is 0.332 e. The van der Waals surface area contributed by atoms with Crippen LogP contribution in [0.15, 0.2) is 38.9 Å². The van der Waals surface area contributed by atoms with Gasteiger partial charge in [-0.3, -0.25) is 18.7 Å². The van der Waals surface area contributed by atoms with Crippen LogP contribution in [0.25, 0.3) is 22.4 Å². The maximum Gasteiger partial charge on any atom is 0.332 e. The summed E-state index contributed by atoms with van der Waals surface area (Å²) in [7, 11) is 2.88. The van der Waals surface area contributed by atoms with Crippen molar-refractivity contribution in [2.45, 2.75) is 18.9 Å². The molecule has 1 aromatic carbocycles. The summed E-state index contributed by atoms with van der Waals surface area (Å²) in [6.45, 7) is 4.93. The van der Waals surface area contributed by atoms with E-state index >= 15 is 0 Å². The fraction of sp³-hybridized carbons (Fsp3) is 0.350. The highest BCUT2D eigenvalue weighted by atomic mass is 32.2. The van der Waals surface area contributed by atoms with Crippen molar-refractivity contribution in [2.24, 2.45) is 14.1 Å². The molecule has 0 radical (unpaired) electrons. The van der Waals surface area contributed by atoms with Crippen molar-refractivity contribution in [3.05, 3.63) is 50.9 Å². The number of benzene rings is 1. The summed E-state index contributed by atoms with van der Waals surface area (Å²) in [5.74, 6) is -0.309. The van der Waals surface area contributed by atoms with Crippen LogP contribution in [0.5, 0.6) is 0 Å². The molecule has 0 spiro atoms. The number of fused-ring (bicyclic) bond motifs is 1. The third-order valence-corrected chi connectivity index (χ3v) is 5.76. The summed E-state index contributed by atoms with van der Waals surface area (Å²) in [4.78, 5) is 48.2. The SMILES string of the molecule is CCN(CC)C(=O)CSc1nc(-c2cccc(F)c2)nc2c1c(=O)n(C)c(=O)n2C. The minimum Gasteiger partial charge on any atom is -0.343 e. The van der Waals surface area contributed by atoms with Crippen LogP contribution in [0.1, 0.15) is 13.8 Å². The van der Waals surface area contributed by atoms with Crippen LogP contribution in [-0.2, 0) is 18.9 Å². The standard InChI is InChI=1S/C20H22FN5O3S/c1-5-26(6-2)14(27)11-30-18-15-17(24(3)20(29)25(4)19(15)28)22-16(23-18)12-8-7-9-13(21)10-12/h7-10H,5-6,11H2,1-4H3. The predicted octanol–water partition coefficient (Wildman–Crippen LogP) is 1.79. The molecule has 10 heteroatoms. The second-order valence-corrected chi connectivity index (χ2v) is 7.59. The molecule has 2 heterocycles. The Kier molecular flexibility index (Phi) is 6.35. The molecule has 0 aliphatic rings. The molecule has 158 valence electrons. The lowest BCUT2D eigenvalue weighted by Gasteiger charge is -2.18. The largest absolute Gasteiger partial charge is 0.343 e. The first-order chi connectivity index (χ1) is 14.3. The fourth-order valence-electron chi connectivity index (χ4n) is 3.09. The Morgan fingerprint density at radius 1 is 1.13 bits per heavy atom. The van der Waals surface area contributed by atoms with Gasteiger partial charge in [-0.25, -0.2) is 19.2 Å². The van der Waals surface area contributed by atoms with Gasteiger partial charge in [0.1, 0.15) is 16.2 Å². The molecule has 0 bridgehead atoms. The average Bonchev–Trinajstić information content (AvgIpc) is 2.74. The number of hydrogen-bond acceptors (Lipinski definition) is 6. The molecule has 0 N–H and O–H groups in total. The maximum absolute atomic E-state index is 13.7. The molecule has 0 fully saturated rings. The number of hydrogen-bond donors (Lipinski definition) is 0. The zero-order valence-corrected chi connectivity index (χ0v) is 18.0. The number of thioether (sulfide) groups is 1. The minimum absolute atomic E-state index is 0.0718. The number of nitrogens with zero attached hydrogens (tertiary/aromatic N) is 5. The van der Waals surface area contributed by atoms with Crippen LogP contribution in [0.3, 0.4) is 0 Å². The van der Waals surface area contributed by atoms with Gasteiger partial charge in [-0.05, 0) is 26.0 Å². The summed E-state index contributed by atoms with van der Waals surface area (Å²) in [6, 6.07) is 5.74. The number of carbonyl (C=O) groups excluding carboxylic acids is 1. The molecule has 0 saturated heterocycles. The van der Waals surface area contributed by atoms with Crippen LogP contribution in [-0.4, -0.2) is 48.8 Å². The van der Waals surface area contributed by atoms with E-state index in [0.717, 1.165) is 16.3 Å². The summed E-state index contributed by atoms with van der Waals surface area (Å²) >= 11 is 1.10.